The zero-order chi connectivity index (χ0) is 9.68. The molecule has 0 radical (unpaired) electrons. The van der Waals surface area contributed by atoms with Crippen LogP contribution in [0.1, 0.15) is 33.1 Å². The van der Waals surface area contributed by atoms with Crippen LogP contribution in [0.2, 0.25) is 0 Å². The molecule has 0 aromatic rings. The predicted molar refractivity (Wildman–Crippen MR) is 58.1 cm³/mol. The second-order valence-corrected chi connectivity index (χ2v) is 4.17. The summed E-state index contributed by atoms with van der Waals surface area (Å²) in [6.45, 7) is 9.60. The van der Waals surface area contributed by atoms with Crippen molar-refractivity contribution in [2.75, 3.05) is 33.2 Å². The molecule has 1 fully saturated rings. The summed E-state index contributed by atoms with van der Waals surface area (Å²) in [6.07, 6.45) is 4.05. The summed E-state index contributed by atoms with van der Waals surface area (Å²) in [5.74, 6) is 0. The van der Waals surface area contributed by atoms with E-state index in [-0.39, 0.29) is 0 Å². The first-order chi connectivity index (χ1) is 6.27. The van der Waals surface area contributed by atoms with Gasteiger partial charge in [-0.2, -0.15) is 0 Å². The molecule has 1 aliphatic heterocycles. The first kappa shape index (κ1) is 11.0. The summed E-state index contributed by atoms with van der Waals surface area (Å²) < 4.78 is 0. The Labute approximate surface area is 82.9 Å². The number of hydrogen-bond donors (Lipinski definition) is 0. The van der Waals surface area contributed by atoms with Gasteiger partial charge in [0.25, 0.3) is 0 Å². The normalized spacial score (nSPS) is 25.4. The van der Waals surface area contributed by atoms with E-state index in [1.165, 1.54) is 45.4 Å². The molecule has 1 aliphatic rings. The Morgan fingerprint density at radius 1 is 1.38 bits per heavy atom. The zero-order valence-electron chi connectivity index (χ0n) is 9.42. The SMILES string of the molecule is CCCN(C)C1CCCN(CC)C1. The number of piperidine rings is 1. The largest absolute Gasteiger partial charge is 0.302 e. The highest BCUT2D eigenvalue weighted by Crippen LogP contribution is 2.14. The van der Waals surface area contributed by atoms with Crippen LogP contribution in [-0.2, 0) is 0 Å². The molecule has 0 saturated carbocycles. The maximum atomic E-state index is 2.57. The molecule has 1 heterocycles. The van der Waals surface area contributed by atoms with Crippen molar-refractivity contribution in [2.24, 2.45) is 0 Å². The van der Waals surface area contributed by atoms with Gasteiger partial charge in [-0.3, -0.25) is 0 Å². The van der Waals surface area contributed by atoms with Gasteiger partial charge in [0, 0.05) is 12.6 Å². The van der Waals surface area contributed by atoms with Gasteiger partial charge in [0.15, 0.2) is 0 Å². The van der Waals surface area contributed by atoms with Gasteiger partial charge in [-0.25, -0.2) is 0 Å². The molecule has 2 nitrogen and oxygen atoms in total. The van der Waals surface area contributed by atoms with Crippen LogP contribution < -0.4 is 0 Å². The van der Waals surface area contributed by atoms with Crippen LogP contribution in [-0.4, -0.2) is 49.1 Å². The van der Waals surface area contributed by atoms with E-state index >= 15 is 0 Å². The topological polar surface area (TPSA) is 6.48 Å². The van der Waals surface area contributed by atoms with Crippen molar-refractivity contribution < 1.29 is 0 Å². The maximum absolute atomic E-state index is 2.57. The fourth-order valence-corrected chi connectivity index (χ4v) is 2.21. The lowest BCUT2D eigenvalue weighted by molar-refractivity contribution is 0.120. The van der Waals surface area contributed by atoms with Gasteiger partial charge in [0.05, 0.1) is 0 Å². The van der Waals surface area contributed by atoms with E-state index in [2.05, 4.69) is 30.7 Å². The molecule has 1 rings (SSSR count). The first-order valence-electron chi connectivity index (χ1n) is 5.70. The molecule has 0 amide bonds. The van der Waals surface area contributed by atoms with E-state index < -0.39 is 0 Å². The molecular formula is C11H24N2. The zero-order valence-corrected chi connectivity index (χ0v) is 9.42. The molecule has 2 heteroatoms. The molecule has 0 bridgehead atoms. The Hall–Kier alpha value is -0.0800. The fraction of sp³-hybridized carbons (Fsp3) is 1.00. The Morgan fingerprint density at radius 2 is 2.15 bits per heavy atom. The number of rotatable bonds is 4. The summed E-state index contributed by atoms with van der Waals surface area (Å²) in [4.78, 5) is 5.10. The minimum atomic E-state index is 0.814. The molecule has 0 aliphatic carbocycles. The molecule has 13 heavy (non-hydrogen) atoms. The summed E-state index contributed by atoms with van der Waals surface area (Å²) in [5, 5.41) is 0. The Morgan fingerprint density at radius 3 is 2.77 bits per heavy atom. The standard InChI is InChI=1S/C11H24N2/c1-4-8-12(3)11-7-6-9-13(5-2)10-11/h11H,4-10H2,1-3H3. The van der Waals surface area contributed by atoms with E-state index in [0.29, 0.717) is 0 Å². The molecule has 78 valence electrons. The van der Waals surface area contributed by atoms with Crippen LogP contribution in [0.4, 0.5) is 0 Å². The van der Waals surface area contributed by atoms with Gasteiger partial charge >= 0.3 is 0 Å². The third-order valence-electron chi connectivity index (χ3n) is 3.13. The summed E-state index contributed by atoms with van der Waals surface area (Å²) in [7, 11) is 2.27. The predicted octanol–water partition coefficient (Wildman–Crippen LogP) is 1.81. The van der Waals surface area contributed by atoms with Gasteiger partial charge in [-0.15, -0.1) is 0 Å². The quantitative estimate of drug-likeness (QED) is 0.657. The van der Waals surface area contributed by atoms with Crippen molar-refractivity contribution in [1.82, 2.24) is 9.80 Å². The Bertz CT molecular complexity index is 136. The Kier molecular flexibility index (Phi) is 4.74. The smallest absolute Gasteiger partial charge is 0.0220 e. The van der Waals surface area contributed by atoms with Crippen molar-refractivity contribution in [2.45, 2.75) is 39.2 Å². The highest BCUT2D eigenvalue weighted by atomic mass is 15.2. The highest BCUT2D eigenvalue weighted by Gasteiger charge is 2.21. The van der Waals surface area contributed by atoms with Crippen LogP contribution in [0.5, 0.6) is 0 Å². The summed E-state index contributed by atoms with van der Waals surface area (Å²) in [6, 6.07) is 0.814. The van der Waals surface area contributed by atoms with E-state index in [9.17, 15) is 0 Å². The van der Waals surface area contributed by atoms with Gasteiger partial charge in [0.2, 0.25) is 0 Å². The van der Waals surface area contributed by atoms with E-state index in [4.69, 9.17) is 0 Å². The van der Waals surface area contributed by atoms with Gasteiger partial charge in [-0.1, -0.05) is 13.8 Å². The summed E-state index contributed by atoms with van der Waals surface area (Å²) in [5.41, 5.74) is 0. The van der Waals surface area contributed by atoms with Crippen LogP contribution in [0.25, 0.3) is 0 Å². The fourth-order valence-electron chi connectivity index (χ4n) is 2.21. The lowest BCUT2D eigenvalue weighted by Crippen LogP contribution is -2.46. The van der Waals surface area contributed by atoms with Gasteiger partial charge in [0.1, 0.15) is 0 Å². The highest BCUT2D eigenvalue weighted by molar-refractivity contribution is 4.78. The lowest BCUT2D eigenvalue weighted by Gasteiger charge is -2.37. The lowest BCUT2D eigenvalue weighted by atomic mass is 10.0. The van der Waals surface area contributed by atoms with Gasteiger partial charge < -0.3 is 9.80 Å². The van der Waals surface area contributed by atoms with Crippen molar-refractivity contribution in [3.05, 3.63) is 0 Å². The van der Waals surface area contributed by atoms with E-state index in [1.54, 1.807) is 0 Å². The third-order valence-corrected chi connectivity index (χ3v) is 3.13. The number of hydrogen-bond acceptors (Lipinski definition) is 2. The molecule has 0 spiro atoms. The third kappa shape index (κ3) is 3.28. The molecule has 1 saturated heterocycles. The maximum Gasteiger partial charge on any atom is 0.0220 e. The van der Waals surface area contributed by atoms with Gasteiger partial charge in [-0.05, 0) is 45.9 Å². The van der Waals surface area contributed by atoms with E-state index in [0.717, 1.165) is 6.04 Å². The van der Waals surface area contributed by atoms with Crippen molar-refractivity contribution in [3.8, 4) is 0 Å². The van der Waals surface area contributed by atoms with Crippen LogP contribution in [0.15, 0.2) is 0 Å². The van der Waals surface area contributed by atoms with Crippen molar-refractivity contribution in [1.29, 1.82) is 0 Å². The Balaban J connectivity index is 2.32. The van der Waals surface area contributed by atoms with Crippen molar-refractivity contribution >= 4 is 0 Å². The number of likely N-dealkylation sites (N-methyl/N-ethyl adjacent to an activating group) is 2. The monoisotopic (exact) mass is 184 g/mol. The van der Waals surface area contributed by atoms with E-state index in [1.807, 2.05) is 0 Å². The molecule has 1 atom stereocenters. The molecule has 0 aromatic carbocycles. The molecule has 1 unspecified atom stereocenters. The van der Waals surface area contributed by atoms with Crippen LogP contribution in [0.3, 0.4) is 0 Å². The van der Waals surface area contributed by atoms with Crippen LogP contribution >= 0.6 is 0 Å². The second-order valence-electron chi connectivity index (χ2n) is 4.17. The molecule has 0 aromatic heterocycles. The molecular weight excluding hydrogens is 160 g/mol. The number of nitrogens with zero attached hydrogens (tertiary/aromatic N) is 2. The summed E-state index contributed by atoms with van der Waals surface area (Å²) >= 11 is 0. The average molecular weight is 184 g/mol. The average Bonchev–Trinajstić information content (AvgIpc) is 2.18. The first-order valence-corrected chi connectivity index (χ1v) is 5.70. The van der Waals surface area contributed by atoms with Crippen LogP contribution in [0, 0.1) is 0 Å². The minimum Gasteiger partial charge on any atom is -0.302 e. The minimum absolute atomic E-state index is 0.814. The second kappa shape index (κ2) is 5.61. The van der Waals surface area contributed by atoms with Crippen molar-refractivity contribution in [3.63, 3.8) is 0 Å². The molecule has 0 N–H and O–H groups in total. The number of likely N-dealkylation sites (tertiary alicyclic amines) is 1.